The summed E-state index contributed by atoms with van der Waals surface area (Å²) < 4.78 is 0. The number of carboxylic acid groups (broad SMARTS) is 1. The second-order valence-corrected chi connectivity index (χ2v) is 5.02. The summed E-state index contributed by atoms with van der Waals surface area (Å²) in [5.41, 5.74) is 0.227. The molecule has 1 aromatic heterocycles. The van der Waals surface area contributed by atoms with Crippen LogP contribution >= 0.6 is 11.6 Å². The molecule has 0 aromatic carbocycles. The number of rotatable bonds is 2. The van der Waals surface area contributed by atoms with Crippen molar-refractivity contribution in [1.29, 1.82) is 0 Å². The van der Waals surface area contributed by atoms with E-state index in [2.05, 4.69) is 9.97 Å². The Labute approximate surface area is 115 Å². The maximum Gasteiger partial charge on any atom is 0.306 e. The number of hydrogen-bond donors (Lipinski definition) is 1. The molecule has 1 fully saturated rings. The average molecular weight is 284 g/mol. The van der Waals surface area contributed by atoms with E-state index in [1.54, 1.807) is 4.90 Å². The first kappa shape index (κ1) is 13.7. The molecule has 1 amide bonds. The maximum absolute atomic E-state index is 12.2. The Morgan fingerprint density at radius 3 is 2.68 bits per heavy atom. The quantitative estimate of drug-likeness (QED) is 0.888. The van der Waals surface area contributed by atoms with Gasteiger partial charge in [0.1, 0.15) is 10.8 Å². The number of amides is 1. The Balaban J connectivity index is 2.08. The molecule has 102 valence electrons. The fourth-order valence-electron chi connectivity index (χ4n) is 2.27. The molecular weight excluding hydrogens is 270 g/mol. The van der Waals surface area contributed by atoms with Crippen molar-refractivity contribution in [1.82, 2.24) is 14.9 Å². The first-order valence-electron chi connectivity index (χ1n) is 6.00. The normalized spacial score (nSPS) is 23.2. The van der Waals surface area contributed by atoms with Gasteiger partial charge in [-0.15, -0.1) is 0 Å². The highest BCUT2D eigenvalue weighted by atomic mass is 35.5. The van der Waals surface area contributed by atoms with E-state index in [-0.39, 0.29) is 28.7 Å². The average Bonchev–Trinajstić information content (AvgIpc) is 2.38. The van der Waals surface area contributed by atoms with Gasteiger partial charge in [-0.3, -0.25) is 9.59 Å². The highest BCUT2D eigenvalue weighted by Crippen LogP contribution is 2.24. The summed E-state index contributed by atoms with van der Waals surface area (Å²) in [6.45, 7) is 2.26. The van der Waals surface area contributed by atoms with Crippen LogP contribution in [-0.2, 0) is 4.79 Å². The van der Waals surface area contributed by atoms with Gasteiger partial charge in [0.05, 0.1) is 18.3 Å². The maximum atomic E-state index is 12.2. The third kappa shape index (κ3) is 3.01. The Morgan fingerprint density at radius 1 is 1.42 bits per heavy atom. The van der Waals surface area contributed by atoms with Crippen LogP contribution in [0.4, 0.5) is 0 Å². The number of likely N-dealkylation sites (tertiary alicyclic amines) is 1. The number of carbonyl (C=O) groups excluding carboxylic acids is 1. The molecule has 2 rings (SSSR count). The van der Waals surface area contributed by atoms with Gasteiger partial charge >= 0.3 is 5.97 Å². The van der Waals surface area contributed by atoms with E-state index < -0.39 is 5.97 Å². The predicted molar refractivity (Wildman–Crippen MR) is 67.9 cm³/mol. The van der Waals surface area contributed by atoms with Crippen LogP contribution in [0, 0.1) is 5.92 Å². The van der Waals surface area contributed by atoms with E-state index in [9.17, 15) is 9.59 Å². The second-order valence-electron chi connectivity index (χ2n) is 4.63. The summed E-state index contributed by atoms with van der Waals surface area (Å²) >= 11 is 5.62. The van der Waals surface area contributed by atoms with Gasteiger partial charge in [-0.1, -0.05) is 11.6 Å². The lowest BCUT2D eigenvalue weighted by molar-refractivity contribution is -0.143. The number of aromatic nitrogens is 2. The van der Waals surface area contributed by atoms with Gasteiger partial charge in [0, 0.05) is 12.6 Å². The molecule has 1 aliphatic heterocycles. The lowest BCUT2D eigenvalue weighted by Crippen LogP contribution is -2.46. The molecule has 0 bridgehead atoms. The number of halogens is 1. The smallest absolute Gasteiger partial charge is 0.306 e. The summed E-state index contributed by atoms with van der Waals surface area (Å²) in [6.07, 6.45) is 3.58. The Kier molecular flexibility index (Phi) is 3.99. The summed E-state index contributed by atoms with van der Waals surface area (Å²) in [7, 11) is 0. The lowest BCUT2D eigenvalue weighted by Gasteiger charge is -2.35. The summed E-state index contributed by atoms with van der Waals surface area (Å²) in [6, 6.07) is -0.125. The Morgan fingerprint density at radius 2 is 2.16 bits per heavy atom. The minimum Gasteiger partial charge on any atom is -0.481 e. The van der Waals surface area contributed by atoms with Crippen LogP contribution in [0.2, 0.25) is 5.15 Å². The SMILES string of the molecule is CC1CC(C(=O)O)CCN1C(=O)c1cnc(Cl)cn1. The molecule has 1 N–H and O–H groups in total. The predicted octanol–water partition coefficient (Wildman–Crippen LogP) is 1.46. The molecule has 7 heteroatoms. The number of nitrogens with zero attached hydrogens (tertiary/aromatic N) is 3. The van der Waals surface area contributed by atoms with E-state index in [0.717, 1.165) is 0 Å². The number of carboxylic acids is 1. The van der Waals surface area contributed by atoms with E-state index in [1.165, 1.54) is 12.4 Å². The van der Waals surface area contributed by atoms with Crippen molar-refractivity contribution in [2.45, 2.75) is 25.8 Å². The van der Waals surface area contributed by atoms with E-state index in [1.807, 2.05) is 6.92 Å². The Bertz CT molecular complexity index is 491. The third-order valence-corrected chi connectivity index (χ3v) is 3.52. The van der Waals surface area contributed by atoms with Crippen molar-refractivity contribution in [3.63, 3.8) is 0 Å². The Hall–Kier alpha value is -1.69. The number of carbonyl (C=O) groups is 2. The second kappa shape index (κ2) is 5.52. The van der Waals surface area contributed by atoms with Crippen molar-refractivity contribution < 1.29 is 14.7 Å². The van der Waals surface area contributed by atoms with Crippen molar-refractivity contribution in [3.05, 3.63) is 23.2 Å². The van der Waals surface area contributed by atoms with Crippen LogP contribution in [0.5, 0.6) is 0 Å². The van der Waals surface area contributed by atoms with E-state index >= 15 is 0 Å². The highest BCUT2D eigenvalue weighted by molar-refractivity contribution is 6.29. The fraction of sp³-hybridized carbons (Fsp3) is 0.500. The van der Waals surface area contributed by atoms with Gasteiger partial charge in [0.25, 0.3) is 5.91 Å². The molecule has 0 radical (unpaired) electrons. The lowest BCUT2D eigenvalue weighted by atomic mass is 9.91. The van der Waals surface area contributed by atoms with Crippen LogP contribution in [-0.4, -0.2) is 44.4 Å². The minimum atomic E-state index is -0.801. The molecule has 1 aliphatic rings. The van der Waals surface area contributed by atoms with Crippen LogP contribution in [0.3, 0.4) is 0 Å². The third-order valence-electron chi connectivity index (χ3n) is 3.33. The molecule has 2 heterocycles. The van der Waals surface area contributed by atoms with Crippen molar-refractivity contribution in [2.75, 3.05) is 6.54 Å². The van der Waals surface area contributed by atoms with Gasteiger partial charge in [-0.05, 0) is 19.8 Å². The van der Waals surface area contributed by atoms with Gasteiger partial charge in [0.15, 0.2) is 0 Å². The van der Waals surface area contributed by atoms with E-state index in [0.29, 0.717) is 19.4 Å². The molecule has 1 aromatic rings. The van der Waals surface area contributed by atoms with Crippen LogP contribution < -0.4 is 0 Å². The van der Waals surface area contributed by atoms with Gasteiger partial charge in [-0.2, -0.15) is 0 Å². The van der Waals surface area contributed by atoms with Crippen LogP contribution in [0.15, 0.2) is 12.4 Å². The summed E-state index contributed by atoms with van der Waals surface area (Å²) in [5.74, 6) is -1.42. The molecule has 0 spiro atoms. The molecule has 19 heavy (non-hydrogen) atoms. The number of piperidine rings is 1. The van der Waals surface area contributed by atoms with E-state index in [4.69, 9.17) is 16.7 Å². The number of aliphatic carboxylic acids is 1. The molecule has 6 nitrogen and oxygen atoms in total. The van der Waals surface area contributed by atoms with Gasteiger partial charge in [0.2, 0.25) is 0 Å². The fourth-order valence-corrected chi connectivity index (χ4v) is 2.37. The van der Waals surface area contributed by atoms with Crippen molar-refractivity contribution in [3.8, 4) is 0 Å². The minimum absolute atomic E-state index is 0.125. The van der Waals surface area contributed by atoms with Gasteiger partial charge in [-0.25, -0.2) is 9.97 Å². The van der Waals surface area contributed by atoms with Crippen LogP contribution in [0.25, 0.3) is 0 Å². The topological polar surface area (TPSA) is 83.4 Å². The number of hydrogen-bond acceptors (Lipinski definition) is 4. The summed E-state index contributed by atoms with van der Waals surface area (Å²) in [5, 5.41) is 9.22. The zero-order chi connectivity index (χ0) is 14.0. The van der Waals surface area contributed by atoms with Gasteiger partial charge < -0.3 is 10.0 Å². The monoisotopic (exact) mass is 283 g/mol. The van der Waals surface area contributed by atoms with Crippen molar-refractivity contribution in [2.24, 2.45) is 5.92 Å². The molecule has 0 saturated carbocycles. The first-order valence-corrected chi connectivity index (χ1v) is 6.38. The standard InChI is InChI=1S/C12H14ClN3O3/c1-7-4-8(12(18)19)2-3-16(7)11(17)9-5-15-10(13)6-14-9/h5-8H,2-4H2,1H3,(H,18,19). The molecule has 1 saturated heterocycles. The summed E-state index contributed by atoms with van der Waals surface area (Å²) in [4.78, 5) is 32.6. The van der Waals surface area contributed by atoms with Crippen LogP contribution in [0.1, 0.15) is 30.3 Å². The zero-order valence-corrected chi connectivity index (χ0v) is 11.2. The molecular formula is C12H14ClN3O3. The molecule has 2 atom stereocenters. The molecule has 2 unspecified atom stereocenters. The largest absolute Gasteiger partial charge is 0.481 e. The molecule has 0 aliphatic carbocycles. The first-order chi connectivity index (χ1) is 8.99. The van der Waals surface area contributed by atoms with Crippen molar-refractivity contribution >= 4 is 23.5 Å². The highest BCUT2D eigenvalue weighted by Gasteiger charge is 2.33. The zero-order valence-electron chi connectivity index (χ0n) is 10.4.